The predicted molar refractivity (Wildman–Crippen MR) is 84.3 cm³/mol. The normalized spacial score (nSPS) is 10.5. The summed E-state index contributed by atoms with van der Waals surface area (Å²) in [5.41, 5.74) is -1.51. The highest BCUT2D eigenvalue weighted by Crippen LogP contribution is 2.25. The van der Waals surface area contributed by atoms with Crippen molar-refractivity contribution < 1.29 is 38.1 Å². The maximum absolute atomic E-state index is 12.3. The van der Waals surface area contributed by atoms with Crippen LogP contribution in [0.1, 0.15) is 18.4 Å². The van der Waals surface area contributed by atoms with E-state index in [4.69, 9.17) is 4.74 Å². The predicted octanol–water partition coefficient (Wildman–Crippen LogP) is 0.810. The molecule has 0 spiro atoms. The van der Waals surface area contributed by atoms with E-state index in [9.17, 15) is 19.2 Å². The fourth-order valence-corrected chi connectivity index (χ4v) is 2.13. The third kappa shape index (κ3) is 5.91. The Morgan fingerprint density at radius 2 is 1.32 bits per heavy atom. The van der Waals surface area contributed by atoms with Gasteiger partial charge in [-0.15, -0.1) is 0 Å². The highest BCUT2D eigenvalue weighted by molar-refractivity contribution is 5.92. The van der Waals surface area contributed by atoms with Gasteiger partial charge in [0, 0.05) is 0 Å². The first kappa shape index (κ1) is 20.1. The fourth-order valence-electron chi connectivity index (χ4n) is 2.13. The zero-order chi connectivity index (χ0) is 18.9. The van der Waals surface area contributed by atoms with E-state index >= 15 is 0 Å². The lowest BCUT2D eigenvalue weighted by Gasteiger charge is -2.28. The van der Waals surface area contributed by atoms with Crippen molar-refractivity contribution in [3.05, 3.63) is 35.9 Å². The number of methoxy groups -OCH3 is 3. The third-order valence-corrected chi connectivity index (χ3v) is 3.37. The Bertz CT molecular complexity index is 605. The van der Waals surface area contributed by atoms with Crippen LogP contribution in [0.2, 0.25) is 0 Å². The molecule has 0 heterocycles. The van der Waals surface area contributed by atoms with Gasteiger partial charge in [-0.05, 0) is 5.56 Å². The van der Waals surface area contributed by atoms with Crippen molar-refractivity contribution in [1.29, 1.82) is 0 Å². The number of hydrogen-bond acceptors (Lipinski definition) is 8. The van der Waals surface area contributed by atoms with Crippen molar-refractivity contribution in [2.75, 3.05) is 21.3 Å². The first-order valence-corrected chi connectivity index (χ1v) is 7.34. The summed E-state index contributed by atoms with van der Waals surface area (Å²) in [7, 11) is 3.26. The summed E-state index contributed by atoms with van der Waals surface area (Å²) < 4.78 is 18.9. The Labute approximate surface area is 145 Å². The molecule has 136 valence electrons. The van der Waals surface area contributed by atoms with Crippen molar-refractivity contribution in [1.82, 2.24) is 0 Å². The van der Waals surface area contributed by atoms with Gasteiger partial charge in [-0.1, -0.05) is 30.3 Å². The van der Waals surface area contributed by atoms with E-state index in [0.29, 0.717) is 5.56 Å². The average Bonchev–Trinajstić information content (AvgIpc) is 2.61. The quantitative estimate of drug-likeness (QED) is 0.500. The molecule has 1 rings (SSSR count). The molecule has 0 radical (unpaired) electrons. The summed E-state index contributed by atoms with van der Waals surface area (Å²) >= 11 is 0. The summed E-state index contributed by atoms with van der Waals surface area (Å²) in [6.07, 6.45) is -1.50. The molecule has 0 aliphatic rings. The number of hydrogen-bond donors (Lipinski definition) is 0. The van der Waals surface area contributed by atoms with Crippen LogP contribution in [0.5, 0.6) is 0 Å². The highest BCUT2D eigenvalue weighted by Gasteiger charge is 2.48. The molecule has 25 heavy (non-hydrogen) atoms. The Hall–Kier alpha value is -2.90. The third-order valence-electron chi connectivity index (χ3n) is 3.37. The molecule has 8 heteroatoms. The average molecular weight is 352 g/mol. The zero-order valence-corrected chi connectivity index (χ0v) is 14.3. The molecule has 8 nitrogen and oxygen atoms in total. The van der Waals surface area contributed by atoms with Gasteiger partial charge in [-0.3, -0.25) is 14.4 Å². The standard InChI is InChI=1S/C17H20O8/c1-22-14(19)10-17(16(21)24-3,11-15(20)23-2)25-13(18)9-12-7-5-4-6-8-12/h4-8H,9-11H2,1-3H3. The summed E-state index contributed by atoms with van der Waals surface area (Å²) in [5.74, 6) is -3.54. The van der Waals surface area contributed by atoms with E-state index in [1.807, 2.05) is 0 Å². The molecule has 0 atom stereocenters. The van der Waals surface area contributed by atoms with E-state index in [0.717, 1.165) is 21.3 Å². The number of rotatable bonds is 8. The maximum atomic E-state index is 12.3. The van der Waals surface area contributed by atoms with Crippen LogP contribution in [0, 0.1) is 0 Å². The molecule has 0 bridgehead atoms. The van der Waals surface area contributed by atoms with Crippen LogP contribution in [0.3, 0.4) is 0 Å². The molecule has 0 aliphatic carbocycles. The molecule has 1 aromatic carbocycles. The molecular formula is C17H20O8. The van der Waals surface area contributed by atoms with E-state index in [1.54, 1.807) is 30.3 Å². The molecule has 0 aliphatic heterocycles. The second-order valence-electron chi connectivity index (χ2n) is 5.13. The summed E-state index contributed by atoms with van der Waals surface area (Å²) in [4.78, 5) is 47.8. The second kappa shape index (κ2) is 9.41. The number of carbonyl (C=O) groups excluding carboxylic acids is 4. The van der Waals surface area contributed by atoms with Gasteiger partial charge in [0.05, 0.1) is 40.6 Å². The van der Waals surface area contributed by atoms with Crippen LogP contribution in [-0.2, 0) is 44.5 Å². The molecule has 0 saturated carbocycles. The van der Waals surface area contributed by atoms with Crippen molar-refractivity contribution >= 4 is 23.9 Å². The van der Waals surface area contributed by atoms with Crippen LogP contribution < -0.4 is 0 Å². The molecule has 0 N–H and O–H groups in total. The second-order valence-corrected chi connectivity index (χ2v) is 5.13. The summed E-state index contributed by atoms with van der Waals surface area (Å²) in [6, 6.07) is 8.64. The van der Waals surface area contributed by atoms with Gasteiger partial charge in [0.1, 0.15) is 0 Å². The van der Waals surface area contributed by atoms with Crippen LogP contribution in [-0.4, -0.2) is 50.8 Å². The lowest BCUT2D eigenvalue weighted by atomic mass is 9.94. The Kier molecular flexibility index (Phi) is 7.58. The molecule has 0 unspecified atom stereocenters. The van der Waals surface area contributed by atoms with Gasteiger partial charge in [0.2, 0.25) is 5.60 Å². The van der Waals surface area contributed by atoms with Gasteiger partial charge in [-0.2, -0.15) is 0 Å². The van der Waals surface area contributed by atoms with Crippen LogP contribution >= 0.6 is 0 Å². The molecular weight excluding hydrogens is 332 g/mol. The SMILES string of the molecule is COC(=O)CC(CC(=O)OC)(OC(=O)Cc1ccccc1)C(=O)OC. The van der Waals surface area contributed by atoms with Gasteiger partial charge < -0.3 is 18.9 Å². The Morgan fingerprint density at radius 3 is 1.76 bits per heavy atom. The van der Waals surface area contributed by atoms with Gasteiger partial charge in [-0.25, -0.2) is 4.79 Å². The fraction of sp³-hybridized carbons (Fsp3) is 0.412. The van der Waals surface area contributed by atoms with E-state index < -0.39 is 42.3 Å². The largest absolute Gasteiger partial charge is 0.469 e. The van der Waals surface area contributed by atoms with Gasteiger partial charge in [0.25, 0.3) is 0 Å². The van der Waals surface area contributed by atoms with Gasteiger partial charge >= 0.3 is 23.9 Å². The van der Waals surface area contributed by atoms with Gasteiger partial charge in [0.15, 0.2) is 0 Å². The van der Waals surface area contributed by atoms with Crippen LogP contribution in [0.4, 0.5) is 0 Å². The summed E-state index contributed by atoms with van der Waals surface area (Å²) in [6.45, 7) is 0. The van der Waals surface area contributed by atoms with E-state index in [-0.39, 0.29) is 6.42 Å². The van der Waals surface area contributed by atoms with Crippen molar-refractivity contribution in [3.8, 4) is 0 Å². The van der Waals surface area contributed by atoms with E-state index in [2.05, 4.69) is 14.2 Å². The van der Waals surface area contributed by atoms with Crippen molar-refractivity contribution in [2.45, 2.75) is 24.9 Å². The minimum absolute atomic E-state index is 0.151. The summed E-state index contributed by atoms with van der Waals surface area (Å²) in [5, 5.41) is 0. The molecule has 0 amide bonds. The maximum Gasteiger partial charge on any atom is 0.351 e. The first-order valence-electron chi connectivity index (χ1n) is 7.34. The van der Waals surface area contributed by atoms with E-state index in [1.165, 1.54) is 0 Å². The highest BCUT2D eigenvalue weighted by atomic mass is 16.6. The zero-order valence-electron chi connectivity index (χ0n) is 14.3. The Balaban J connectivity index is 3.08. The lowest BCUT2D eigenvalue weighted by molar-refractivity contribution is -0.188. The topological polar surface area (TPSA) is 105 Å². The number of benzene rings is 1. The molecule has 0 aromatic heterocycles. The monoisotopic (exact) mass is 352 g/mol. The number of ether oxygens (including phenoxy) is 4. The first-order chi connectivity index (χ1) is 11.9. The van der Waals surface area contributed by atoms with Crippen LogP contribution in [0.15, 0.2) is 30.3 Å². The minimum Gasteiger partial charge on any atom is -0.469 e. The van der Waals surface area contributed by atoms with Crippen molar-refractivity contribution in [3.63, 3.8) is 0 Å². The molecule has 0 saturated heterocycles. The van der Waals surface area contributed by atoms with Crippen molar-refractivity contribution in [2.24, 2.45) is 0 Å². The smallest absolute Gasteiger partial charge is 0.351 e. The molecule has 0 fully saturated rings. The number of carbonyl (C=O) groups is 4. The molecule has 1 aromatic rings. The lowest BCUT2D eigenvalue weighted by Crippen LogP contribution is -2.48. The Morgan fingerprint density at radius 1 is 0.800 bits per heavy atom. The minimum atomic E-state index is -2.15. The number of esters is 4. The van der Waals surface area contributed by atoms with Crippen LogP contribution in [0.25, 0.3) is 0 Å².